The average molecular weight is 503 g/mol. The summed E-state index contributed by atoms with van der Waals surface area (Å²) in [5.41, 5.74) is -4.08. The Morgan fingerprint density at radius 2 is 1.25 bits per heavy atom. The third-order valence-electron chi connectivity index (χ3n) is 5.24. The van der Waals surface area contributed by atoms with Crippen LogP contribution in [0.3, 0.4) is 0 Å². The van der Waals surface area contributed by atoms with Gasteiger partial charge in [-0.1, -0.05) is 18.2 Å². The summed E-state index contributed by atoms with van der Waals surface area (Å²) >= 11 is 0. The molecule has 184 valence electrons. The SMILES string of the molecule is O=C(O)C1=C(C(=O)O)C2=c3ccccc3=C3N(NN=N[N+]3(C(=O)O)C(=O)O)N2C(C(=O)O)=C1C(=O)O. The lowest BCUT2D eigenvalue weighted by Gasteiger charge is -2.44. The van der Waals surface area contributed by atoms with Gasteiger partial charge in [0.25, 0.3) is 0 Å². The Bertz CT molecular complexity index is 1540. The number of fused-ring (bicyclic) bond motifs is 4. The number of carboxylic acids is 4. The highest BCUT2D eigenvalue weighted by Crippen LogP contribution is 2.41. The second kappa shape index (κ2) is 7.63. The number of carboxylic acid groups (broad SMARTS) is 6. The summed E-state index contributed by atoms with van der Waals surface area (Å²) in [5, 5.41) is 65.3. The normalized spacial score (nSPS) is 17.6. The largest absolute Gasteiger partial charge is 0.560 e. The van der Waals surface area contributed by atoms with Gasteiger partial charge in [0.1, 0.15) is 11.1 Å². The summed E-state index contributed by atoms with van der Waals surface area (Å²) in [7, 11) is 0. The molecule has 0 spiro atoms. The van der Waals surface area contributed by atoms with Gasteiger partial charge in [-0.3, -0.25) is 0 Å². The molecular formula is C18H11N6O12+. The number of aliphatic carboxylic acids is 4. The van der Waals surface area contributed by atoms with Gasteiger partial charge in [-0.15, -0.1) is 5.12 Å². The van der Waals surface area contributed by atoms with E-state index in [4.69, 9.17) is 0 Å². The summed E-state index contributed by atoms with van der Waals surface area (Å²) in [4.78, 5) is 73.0. The van der Waals surface area contributed by atoms with Gasteiger partial charge >= 0.3 is 41.9 Å². The lowest BCUT2D eigenvalue weighted by atomic mass is 9.89. The molecule has 0 fully saturated rings. The van der Waals surface area contributed by atoms with Crippen LogP contribution in [-0.2, 0) is 19.2 Å². The van der Waals surface area contributed by atoms with Gasteiger partial charge in [-0.2, -0.15) is 15.1 Å². The second-order valence-corrected chi connectivity index (χ2v) is 7.03. The Hall–Kier alpha value is -5.78. The molecule has 1 aromatic rings. The van der Waals surface area contributed by atoms with Crippen molar-refractivity contribution >= 4 is 47.6 Å². The van der Waals surface area contributed by atoms with Crippen LogP contribution >= 0.6 is 0 Å². The third kappa shape index (κ3) is 2.81. The minimum atomic E-state index is -2.33. The number of nitrogens with one attached hydrogen (secondary N) is 1. The first-order chi connectivity index (χ1) is 16.9. The van der Waals surface area contributed by atoms with E-state index in [-0.39, 0.29) is 10.4 Å². The van der Waals surface area contributed by atoms with Gasteiger partial charge in [0.05, 0.1) is 26.3 Å². The van der Waals surface area contributed by atoms with Gasteiger partial charge in [-0.25, -0.2) is 24.2 Å². The van der Waals surface area contributed by atoms with E-state index in [1.165, 1.54) is 12.1 Å². The molecule has 18 heteroatoms. The monoisotopic (exact) mass is 503 g/mol. The van der Waals surface area contributed by atoms with Crippen molar-refractivity contribution in [2.75, 3.05) is 0 Å². The number of benzene rings is 1. The van der Waals surface area contributed by atoms with Crippen LogP contribution in [0.15, 0.2) is 57.1 Å². The molecule has 18 nitrogen and oxygen atoms in total. The molecule has 3 heterocycles. The fourth-order valence-electron chi connectivity index (χ4n) is 3.97. The van der Waals surface area contributed by atoms with Crippen molar-refractivity contribution in [1.82, 2.24) is 15.7 Å². The molecule has 0 radical (unpaired) electrons. The van der Waals surface area contributed by atoms with Crippen molar-refractivity contribution in [2.24, 2.45) is 10.4 Å². The number of nitrogens with zero attached hydrogens (tertiary/aromatic N) is 5. The van der Waals surface area contributed by atoms with Crippen LogP contribution in [-0.4, -0.2) is 81.4 Å². The quantitative estimate of drug-likeness (QED) is 0.225. The molecule has 4 rings (SSSR count). The summed E-state index contributed by atoms with van der Waals surface area (Å²) in [6.07, 6.45) is -4.27. The fraction of sp³-hybridized carbons (Fsp3) is 0. The minimum Gasteiger partial charge on any atom is -0.478 e. The van der Waals surface area contributed by atoms with Crippen LogP contribution < -0.4 is 16.0 Å². The van der Waals surface area contributed by atoms with E-state index in [1.807, 2.05) is 5.53 Å². The molecule has 3 aliphatic rings. The molecule has 0 aromatic heterocycles. The summed E-state index contributed by atoms with van der Waals surface area (Å²) in [6, 6.07) is 4.84. The zero-order chi connectivity index (χ0) is 26.7. The van der Waals surface area contributed by atoms with Crippen molar-refractivity contribution in [3.8, 4) is 0 Å². The van der Waals surface area contributed by atoms with E-state index in [9.17, 15) is 59.4 Å². The lowest BCUT2D eigenvalue weighted by Crippen LogP contribution is -2.68. The first-order valence-corrected chi connectivity index (χ1v) is 9.28. The maximum Gasteiger partial charge on any atom is 0.560 e. The molecule has 0 saturated heterocycles. The van der Waals surface area contributed by atoms with Gasteiger partial charge in [0.15, 0.2) is 5.70 Å². The number of amides is 2. The van der Waals surface area contributed by atoms with E-state index in [1.54, 1.807) is 0 Å². The predicted molar refractivity (Wildman–Crippen MR) is 105 cm³/mol. The molecule has 1 aromatic carbocycles. The smallest absolute Gasteiger partial charge is 0.478 e. The topological polar surface area (TPSA) is 267 Å². The first-order valence-electron chi connectivity index (χ1n) is 9.28. The van der Waals surface area contributed by atoms with Crippen LogP contribution in [0.5, 0.6) is 0 Å². The van der Waals surface area contributed by atoms with Gasteiger partial charge in [0, 0.05) is 10.4 Å². The van der Waals surface area contributed by atoms with E-state index in [2.05, 4.69) is 10.4 Å². The Labute approximate surface area is 195 Å². The first kappa shape index (κ1) is 23.4. The van der Waals surface area contributed by atoms with E-state index < -0.39 is 74.6 Å². The summed E-state index contributed by atoms with van der Waals surface area (Å²) in [6.45, 7) is 0. The Balaban J connectivity index is 2.39. The molecule has 0 unspecified atom stereocenters. The van der Waals surface area contributed by atoms with Crippen molar-refractivity contribution in [3.05, 3.63) is 57.1 Å². The van der Waals surface area contributed by atoms with Crippen LogP contribution in [0.25, 0.3) is 11.5 Å². The van der Waals surface area contributed by atoms with Crippen LogP contribution in [0, 0.1) is 0 Å². The fourth-order valence-corrected chi connectivity index (χ4v) is 3.97. The Morgan fingerprint density at radius 3 is 1.72 bits per heavy atom. The zero-order valence-corrected chi connectivity index (χ0v) is 17.2. The molecule has 0 atom stereocenters. The van der Waals surface area contributed by atoms with Gasteiger partial charge in [-0.05, 0) is 6.07 Å². The number of hydrogen-bond donors (Lipinski definition) is 7. The zero-order valence-electron chi connectivity index (χ0n) is 17.2. The van der Waals surface area contributed by atoms with Gasteiger partial charge < -0.3 is 30.6 Å². The van der Waals surface area contributed by atoms with Crippen molar-refractivity contribution in [1.29, 1.82) is 0 Å². The number of rotatable bonds is 4. The maximum atomic E-state index is 12.3. The highest BCUT2D eigenvalue weighted by molar-refractivity contribution is 6.20. The molecule has 0 aliphatic carbocycles. The van der Waals surface area contributed by atoms with Crippen molar-refractivity contribution in [3.63, 3.8) is 0 Å². The highest BCUT2D eigenvalue weighted by atomic mass is 16.5. The number of hydrazine groups is 2. The van der Waals surface area contributed by atoms with Crippen LogP contribution in [0.2, 0.25) is 0 Å². The summed E-state index contributed by atoms with van der Waals surface area (Å²) < 4.78 is -2.33. The number of imide groups is 1. The highest BCUT2D eigenvalue weighted by Gasteiger charge is 2.62. The molecule has 2 amide bonds. The third-order valence-corrected chi connectivity index (χ3v) is 5.24. The number of carbonyl (C=O) groups is 6. The molecule has 36 heavy (non-hydrogen) atoms. The standard InChI is InChI=1S/C18H10N6O12/c25-13(26)7-8(14(27)28)10-5-3-1-2-4-6(5)12-23(20-19-21-24(12,17(33)34)18(35)36)22(10)11(16(31)32)9(7)15(29)30/h1-4H,(H6-,20,21,25,26,27,28,29,30,31,32,33,34,35,36)/p+1. The van der Waals surface area contributed by atoms with Crippen LogP contribution in [0.4, 0.5) is 9.59 Å². The Morgan fingerprint density at radius 1 is 0.722 bits per heavy atom. The predicted octanol–water partition coefficient (Wildman–Crippen LogP) is -1.73. The number of quaternary nitrogens is 1. The maximum absolute atomic E-state index is 12.3. The molecule has 7 N–H and O–H groups in total. The van der Waals surface area contributed by atoms with Gasteiger partial charge in [0.2, 0.25) is 0 Å². The van der Waals surface area contributed by atoms with Crippen LogP contribution in [0.1, 0.15) is 0 Å². The molecule has 0 bridgehead atoms. The Kier molecular flexibility index (Phi) is 4.96. The molecule has 3 aliphatic heterocycles. The average Bonchev–Trinajstić information content (AvgIpc) is 2.80. The van der Waals surface area contributed by atoms with E-state index >= 15 is 0 Å². The number of hydrogen-bond acceptors (Lipinski definition) is 11. The minimum absolute atomic E-state index is 0.316. The second-order valence-electron chi connectivity index (χ2n) is 7.03. The molecular weight excluding hydrogens is 492 g/mol. The molecule has 0 saturated carbocycles. The van der Waals surface area contributed by atoms with E-state index in [0.717, 1.165) is 12.1 Å². The lowest BCUT2D eigenvalue weighted by molar-refractivity contribution is -0.741. The van der Waals surface area contributed by atoms with E-state index in [0.29, 0.717) is 10.1 Å². The van der Waals surface area contributed by atoms with Crippen molar-refractivity contribution < 1.29 is 64.0 Å². The van der Waals surface area contributed by atoms with Crippen molar-refractivity contribution in [2.45, 2.75) is 0 Å². The summed E-state index contributed by atoms with van der Waals surface area (Å²) in [5.74, 6) is -9.16.